The topological polar surface area (TPSA) is 66.9 Å². The second kappa shape index (κ2) is 8.25. The molecule has 5 nitrogen and oxygen atoms in total. The molecule has 0 saturated carbocycles. The van der Waals surface area contributed by atoms with Crippen LogP contribution in [0.3, 0.4) is 0 Å². The quantitative estimate of drug-likeness (QED) is 0.660. The molecular formula is C20H24ClFN4OS. The lowest BCUT2D eigenvalue weighted by atomic mass is 9.83. The lowest BCUT2D eigenvalue weighted by Gasteiger charge is -2.25. The van der Waals surface area contributed by atoms with Gasteiger partial charge >= 0.3 is 0 Å². The number of fused-ring (bicyclic) bond motifs is 1. The molecule has 1 aliphatic heterocycles. The van der Waals surface area contributed by atoms with Gasteiger partial charge in [0.1, 0.15) is 11.6 Å². The Balaban J connectivity index is 1.82. The van der Waals surface area contributed by atoms with E-state index < -0.39 is 11.2 Å². The van der Waals surface area contributed by atoms with E-state index in [2.05, 4.69) is 20.6 Å². The molecule has 0 bridgehead atoms. The number of halogens is 2. The fourth-order valence-electron chi connectivity index (χ4n) is 3.00. The number of hydrogen-bond donors (Lipinski definition) is 2. The first-order valence-corrected chi connectivity index (χ1v) is 10.6. The summed E-state index contributed by atoms with van der Waals surface area (Å²) in [5, 5.41) is 6.19. The molecule has 3 rings (SSSR count). The van der Waals surface area contributed by atoms with E-state index in [4.69, 9.17) is 11.6 Å². The van der Waals surface area contributed by atoms with Crippen LogP contribution >= 0.6 is 23.4 Å². The number of rotatable bonds is 6. The minimum Gasteiger partial charge on any atom is -0.355 e. The Morgan fingerprint density at radius 3 is 2.79 bits per heavy atom. The third-order valence-electron chi connectivity index (χ3n) is 4.64. The first-order valence-electron chi connectivity index (χ1n) is 9.23. The Bertz CT molecular complexity index is 904. The molecule has 150 valence electrons. The molecule has 0 saturated heterocycles. The van der Waals surface area contributed by atoms with E-state index in [9.17, 15) is 9.18 Å². The summed E-state index contributed by atoms with van der Waals surface area (Å²) >= 11 is 7.66. The van der Waals surface area contributed by atoms with Crippen molar-refractivity contribution in [1.82, 2.24) is 15.3 Å². The molecular weight excluding hydrogens is 399 g/mol. The fraction of sp³-hybridized carbons (Fsp3) is 0.450. The van der Waals surface area contributed by atoms with Crippen LogP contribution in [-0.4, -0.2) is 28.2 Å². The molecule has 0 unspecified atom stereocenters. The summed E-state index contributed by atoms with van der Waals surface area (Å²) in [5.74, 6) is 1.19. The van der Waals surface area contributed by atoms with Gasteiger partial charge in [-0.2, -0.15) is 4.98 Å². The number of carbonyl (C=O) groups is 1. The zero-order valence-electron chi connectivity index (χ0n) is 16.4. The van der Waals surface area contributed by atoms with Crippen molar-refractivity contribution in [3.8, 4) is 0 Å². The molecule has 0 spiro atoms. The molecule has 1 amide bonds. The summed E-state index contributed by atoms with van der Waals surface area (Å²) in [6, 6.07) is 4.77. The SMILES string of the molecule is CC(C)CNC(=O)C(C)(C)c1ccc(Nc2nc(Cl)nc3c2SCC3)cc1F. The van der Waals surface area contributed by atoms with Gasteiger partial charge in [0, 0.05) is 30.0 Å². The third kappa shape index (κ3) is 4.41. The van der Waals surface area contributed by atoms with Gasteiger partial charge in [-0.25, -0.2) is 9.37 Å². The van der Waals surface area contributed by atoms with Crippen molar-refractivity contribution in [3.05, 3.63) is 40.6 Å². The van der Waals surface area contributed by atoms with Crippen LogP contribution in [0.25, 0.3) is 0 Å². The van der Waals surface area contributed by atoms with Gasteiger partial charge in [0.05, 0.1) is 16.0 Å². The number of nitrogens with one attached hydrogen (secondary N) is 2. The normalized spacial score (nSPS) is 13.5. The van der Waals surface area contributed by atoms with Crippen molar-refractivity contribution in [2.24, 2.45) is 5.92 Å². The van der Waals surface area contributed by atoms with Crippen LogP contribution in [0, 0.1) is 11.7 Å². The molecule has 2 aromatic rings. The largest absolute Gasteiger partial charge is 0.355 e. The van der Waals surface area contributed by atoms with E-state index in [1.54, 1.807) is 37.7 Å². The highest BCUT2D eigenvalue weighted by molar-refractivity contribution is 7.99. The van der Waals surface area contributed by atoms with Gasteiger partial charge in [-0.1, -0.05) is 19.9 Å². The van der Waals surface area contributed by atoms with E-state index in [1.807, 2.05) is 13.8 Å². The van der Waals surface area contributed by atoms with Crippen LogP contribution in [0.2, 0.25) is 5.28 Å². The smallest absolute Gasteiger partial charge is 0.230 e. The lowest BCUT2D eigenvalue weighted by Crippen LogP contribution is -2.42. The van der Waals surface area contributed by atoms with Gasteiger partial charge in [0.25, 0.3) is 0 Å². The van der Waals surface area contributed by atoms with Crippen molar-refractivity contribution >= 4 is 40.8 Å². The Morgan fingerprint density at radius 1 is 1.36 bits per heavy atom. The highest BCUT2D eigenvalue weighted by Crippen LogP contribution is 2.37. The summed E-state index contributed by atoms with van der Waals surface area (Å²) in [5.41, 5.74) is 0.823. The zero-order valence-corrected chi connectivity index (χ0v) is 18.0. The van der Waals surface area contributed by atoms with Crippen LogP contribution in [0.4, 0.5) is 15.9 Å². The van der Waals surface area contributed by atoms with Crippen molar-refractivity contribution in [1.29, 1.82) is 0 Å². The highest BCUT2D eigenvalue weighted by Gasteiger charge is 2.32. The minimum atomic E-state index is -0.979. The molecule has 0 radical (unpaired) electrons. The van der Waals surface area contributed by atoms with E-state index >= 15 is 0 Å². The van der Waals surface area contributed by atoms with Crippen LogP contribution in [0.15, 0.2) is 23.1 Å². The molecule has 1 aromatic carbocycles. The molecule has 1 aliphatic rings. The van der Waals surface area contributed by atoms with Crippen LogP contribution < -0.4 is 10.6 Å². The maximum atomic E-state index is 14.9. The second-order valence-electron chi connectivity index (χ2n) is 7.76. The van der Waals surface area contributed by atoms with Crippen molar-refractivity contribution < 1.29 is 9.18 Å². The van der Waals surface area contributed by atoms with Crippen LogP contribution in [0.1, 0.15) is 39.0 Å². The molecule has 0 fully saturated rings. The zero-order chi connectivity index (χ0) is 20.5. The molecule has 1 aromatic heterocycles. The molecule has 2 heterocycles. The Kier molecular flexibility index (Phi) is 6.15. The van der Waals surface area contributed by atoms with Gasteiger partial charge in [-0.3, -0.25) is 4.79 Å². The summed E-state index contributed by atoms with van der Waals surface area (Å²) < 4.78 is 14.9. The maximum absolute atomic E-state index is 14.9. The molecule has 0 atom stereocenters. The van der Waals surface area contributed by atoms with Gasteiger partial charge in [0.2, 0.25) is 11.2 Å². The van der Waals surface area contributed by atoms with Crippen molar-refractivity contribution in [2.45, 2.75) is 44.4 Å². The first-order chi connectivity index (χ1) is 13.2. The fourth-order valence-corrected chi connectivity index (χ4v) is 4.23. The summed E-state index contributed by atoms with van der Waals surface area (Å²) in [7, 11) is 0. The number of amides is 1. The number of aryl methyl sites for hydroxylation is 1. The Hall–Kier alpha value is -1.86. The lowest BCUT2D eigenvalue weighted by molar-refractivity contribution is -0.125. The van der Waals surface area contributed by atoms with Gasteiger partial charge < -0.3 is 10.6 Å². The predicted octanol–water partition coefficient (Wildman–Crippen LogP) is 4.71. The number of aromatic nitrogens is 2. The van der Waals surface area contributed by atoms with E-state index in [-0.39, 0.29) is 11.2 Å². The monoisotopic (exact) mass is 422 g/mol. The molecule has 8 heteroatoms. The van der Waals surface area contributed by atoms with Crippen molar-refractivity contribution in [2.75, 3.05) is 17.6 Å². The van der Waals surface area contributed by atoms with Crippen LogP contribution in [-0.2, 0) is 16.6 Å². The Morgan fingerprint density at radius 2 is 2.11 bits per heavy atom. The summed E-state index contributed by atoms with van der Waals surface area (Å²) in [4.78, 5) is 22.0. The van der Waals surface area contributed by atoms with Gasteiger partial charge in [0.15, 0.2) is 0 Å². The van der Waals surface area contributed by atoms with Crippen LogP contribution in [0.5, 0.6) is 0 Å². The average Bonchev–Trinajstić information content (AvgIpc) is 3.07. The number of benzene rings is 1. The molecule has 2 N–H and O–H groups in total. The van der Waals surface area contributed by atoms with Crippen molar-refractivity contribution in [3.63, 3.8) is 0 Å². The number of hydrogen-bond acceptors (Lipinski definition) is 5. The van der Waals surface area contributed by atoms with Gasteiger partial charge in [-0.15, -0.1) is 11.8 Å². The minimum absolute atomic E-state index is 0.170. The second-order valence-corrected chi connectivity index (χ2v) is 9.21. The van der Waals surface area contributed by atoms with E-state index in [0.29, 0.717) is 29.5 Å². The number of anilines is 2. The Labute approximate surface area is 173 Å². The number of nitrogens with zero attached hydrogens (tertiary/aromatic N) is 2. The molecule has 0 aliphatic carbocycles. The maximum Gasteiger partial charge on any atom is 0.230 e. The third-order valence-corrected chi connectivity index (χ3v) is 5.93. The highest BCUT2D eigenvalue weighted by atomic mass is 35.5. The number of thioether (sulfide) groups is 1. The average molecular weight is 423 g/mol. The summed E-state index contributed by atoms with van der Waals surface area (Å²) in [6.45, 7) is 8.04. The molecule has 28 heavy (non-hydrogen) atoms. The van der Waals surface area contributed by atoms with E-state index in [1.165, 1.54) is 6.07 Å². The standard InChI is InChI=1S/C20H24ClFN4OS/c1-11(2)10-23-18(27)20(3,4)13-6-5-12(9-14(13)22)24-17-16-15(7-8-28-16)25-19(21)26-17/h5-6,9,11H,7-8,10H2,1-4H3,(H,23,27)(H,24,25,26). The van der Waals surface area contributed by atoms with Gasteiger partial charge in [-0.05, 0) is 43.5 Å². The van der Waals surface area contributed by atoms with E-state index in [0.717, 1.165) is 22.8 Å². The summed E-state index contributed by atoms with van der Waals surface area (Å²) in [6.07, 6.45) is 0.837. The number of carbonyl (C=O) groups excluding carboxylic acids is 1. The predicted molar refractivity (Wildman–Crippen MR) is 112 cm³/mol. The first kappa shape index (κ1) is 20.9.